The molecule has 0 saturated heterocycles. The van der Waals surface area contributed by atoms with E-state index in [1.807, 2.05) is 0 Å². The molecule has 0 amide bonds. The monoisotopic (exact) mass is 345 g/mol. The fourth-order valence-electron chi connectivity index (χ4n) is 1.84. The van der Waals surface area contributed by atoms with E-state index in [0.29, 0.717) is 5.02 Å². The summed E-state index contributed by atoms with van der Waals surface area (Å²) in [5, 5.41) is 3.64. The van der Waals surface area contributed by atoms with Crippen molar-refractivity contribution in [3.63, 3.8) is 0 Å². The van der Waals surface area contributed by atoms with Crippen LogP contribution in [0.3, 0.4) is 0 Å². The summed E-state index contributed by atoms with van der Waals surface area (Å²) in [5.41, 5.74) is 0.740. The summed E-state index contributed by atoms with van der Waals surface area (Å²) in [5.74, 6) is -1.13. The van der Waals surface area contributed by atoms with Gasteiger partial charge in [-0.05, 0) is 53.2 Å². The van der Waals surface area contributed by atoms with Gasteiger partial charge in [0.2, 0.25) is 0 Å². The molecule has 0 aliphatic heterocycles. The zero-order valence-electron chi connectivity index (χ0n) is 10.1. The Bertz CT molecular complexity index is 584. The van der Waals surface area contributed by atoms with Crippen LogP contribution in [-0.2, 0) is 0 Å². The molecule has 0 aliphatic carbocycles. The van der Waals surface area contributed by atoms with Crippen LogP contribution in [0.2, 0.25) is 5.02 Å². The third-order valence-corrected chi connectivity index (χ3v) is 3.63. The number of hydrogen-bond donors (Lipinski definition) is 1. The van der Waals surface area contributed by atoms with Gasteiger partial charge in [-0.15, -0.1) is 0 Å². The number of benzene rings is 2. The van der Waals surface area contributed by atoms with Gasteiger partial charge in [-0.3, -0.25) is 0 Å². The molecule has 1 nitrogen and oxygen atoms in total. The van der Waals surface area contributed by atoms with E-state index in [1.165, 1.54) is 18.2 Å². The first-order valence-electron chi connectivity index (χ1n) is 5.64. The number of halogens is 4. The molecule has 19 heavy (non-hydrogen) atoms. The lowest BCUT2D eigenvalue weighted by atomic mass is 10.1. The smallest absolute Gasteiger partial charge is 0.131 e. The minimum atomic E-state index is -0.565. The second-order valence-electron chi connectivity index (χ2n) is 4.13. The predicted molar refractivity (Wildman–Crippen MR) is 77.5 cm³/mol. The van der Waals surface area contributed by atoms with E-state index in [2.05, 4.69) is 21.2 Å². The maximum atomic E-state index is 13.7. The minimum Gasteiger partial charge on any atom is -0.377 e. The molecule has 0 bridgehead atoms. The van der Waals surface area contributed by atoms with Crippen molar-refractivity contribution in [1.29, 1.82) is 0 Å². The summed E-state index contributed by atoms with van der Waals surface area (Å²) in [6.07, 6.45) is 0. The molecule has 0 fully saturated rings. The highest BCUT2D eigenvalue weighted by Crippen LogP contribution is 2.30. The molecular weight excluding hydrogens is 336 g/mol. The molecule has 0 spiro atoms. The van der Waals surface area contributed by atoms with Crippen LogP contribution in [0.4, 0.5) is 14.5 Å². The van der Waals surface area contributed by atoms with Crippen molar-refractivity contribution < 1.29 is 8.78 Å². The average molecular weight is 347 g/mol. The van der Waals surface area contributed by atoms with Crippen LogP contribution in [-0.4, -0.2) is 0 Å². The molecule has 2 aromatic carbocycles. The molecule has 2 aromatic rings. The molecule has 0 heterocycles. The molecule has 1 unspecified atom stereocenters. The van der Waals surface area contributed by atoms with Crippen LogP contribution in [0.5, 0.6) is 0 Å². The van der Waals surface area contributed by atoms with Gasteiger partial charge in [-0.25, -0.2) is 8.78 Å². The van der Waals surface area contributed by atoms with Gasteiger partial charge in [0.15, 0.2) is 0 Å². The van der Waals surface area contributed by atoms with E-state index >= 15 is 0 Å². The first-order chi connectivity index (χ1) is 8.99. The largest absolute Gasteiger partial charge is 0.377 e. The molecule has 2 rings (SSSR count). The molecule has 0 radical (unpaired) electrons. The Morgan fingerprint density at radius 3 is 2.37 bits per heavy atom. The van der Waals surface area contributed by atoms with Crippen molar-refractivity contribution in [2.45, 2.75) is 13.0 Å². The zero-order valence-corrected chi connectivity index (χ0v) is 12.4. The van der Waals surface area contributed by atoms with Gasteiger partial charge in [0.25, 0.3) is 0 Å². The predicted octanol–water partition coefficient (Wildman–Crippen LogP) is 5.55. The van der Waals surface area contributed by atoms with E-state index in [4.69, 9.17) is 11.6 Å². The summed E-state index contributed by atoms with van der Waals surface area (Å²) < 4.78 is 28.1. The average Bonchev–Trinajstić information content (AvgIpc) is 2.32. The summed E-state index contributed by atoms with van der Waals surface area (Å²) in [6.45, 7) is 1.70. The quantitative estimate of drug-likeness (QED) is 0.768. The zero-order chi connectivity index (χ0) is 14.0. The molecule has 1 N–H and O–H groups in total. The Kier molecular flexibility index (Phi) is 4.42. The van der Waals surface area contributed by atoms with Crippen LogP contribution < -0.4 is 5.32 Å². The third kappa shape index (κ3) is 3.25. The van der Waals surface area contributed by atoms with Gasteiger partial charge in [-0.2, -0.15) is 0 Å². The summed E-state index contributed by atoms with van der Waals surface area (Å²) in [6, 6.07) is 8.51. The van der Waals surface area contributed by atoms with Gasteiger partial charge in [0, 0.05) is 20.7 Å². The van der Waals surface area contributed by atoms with Crippen molar-refractivity contribution in [2.24, 2.45) is 0 Å². The molecule has 0 aliphatic rings. The molecule has 5 heteroatoms. The van der Waals surface area contributed by atoms with Gasteiger partial charge < -0.3 is 5.32 Å². The number of anilines is 1. The Morgan fingerprint density at radius 2 is 1.79 bits per heavy atom. The molecular formula is C14H11BrClF2N. The fourth-order valence-corrected chi connectivity index (χ4v) is 2.63. The highest BCUT2D eigenvalue weighted by atomic mass is 79.9. The number of hydrogen-bond acceptors (Lipinski definition) is 1. The van der Waals surface area contributed by atoms with Gasteiger partial charge in [0.1, 0.15) is 11.6 Å². The van der Waals surface area contributed by atoms with Crippen LogP contribution in [0.1, 0.15) is 18.5 Å². The number of rotatable bonds is 3. The third-order valence-electron chi connectivity index (χ3n) is 2.74. The second kappa shape index (κ2) is 5.88. The maximum Gasteiger partial charge on any atom is 0.131 e. The fraction of sp³-hybridized carbons (Fsp3) is 0.143. The van der Waals surface area contributed by atoms with Crippen molar-refractivity contribution >= 4 is 33.2 Å². The SMILES string of the molecule is CC(Nc1ccc(Cl)cc1Br)c1c(F)cccc1F. The standard InChI is InChI=1S/C14H11BrClF2N/c1-8(14-11(17)3-2-4-12(14)18)19-13-6-5-9(16)7-10(13)15/h2-8,19H,1H3. The van der Waals surface area contributed by atoms with Crippen molar-refractivity contribution in [3.8, 4) is 0 Å². The van der Waals surface area contributed by atoms with Crippen LogP contribution in [0.25, 0.3) is 0 Å². The van der Waals surface area contributed by atoms with Crippen molar-refractivity contribution in [1.82, 2.24) is 0 Å². The van der Waals surface area contributed by atoms with Crippen LogP contribution in [0.15, 0.2) is 40.9 Å². The van der Waals surface area contributed by atoms with E-state index in [-0.39, 0.29) is 5.56 Å². The lowest BCUT2D eigenvalue weighted by molar-refractivity contribution is 0.544. The van der Waals surface area contributed by atoms with Crippen LogP contribution in [0, 0.1) is 11.6 Å². The topological polar surface area (TPSA) is 12.0 Å². The lowest BCUT2D eigenvalue weighted by Gasteiger charge is -2.18. The number of nitrogens with one attached hydrogen (secondary N) is 1. The first kappa shape index (κ1) is 14.3. The first-order valence-corrected chi connectivity index (χ1v) is 6.81. The summed E-state index contributed by atoms with van der Waals surface area (Å²) >= 11 is 9.19. The van der Waals surface area contributed by atoms with E-state index in [1.54, 1.807) is 25.1 Å². The van der Waals surface area contributed by atoms with Crippen molar-refractivity contribution in [3.05, 3.63) is 63.1 Å². The van der Waals surface area contributed by atoms with Crippen molar-refractivity contribution in [2.75, 3.05) is 5.32 Å². The lowest BCUT2D eigenvalue weighted by Crippen LogP contribution is -2.11. The Hall–Kier alpha value is -1.13. The van der Waals surface area contributed by atoms with E-state index in [0.717, 1.165) is 10.2 Å². The Labute approximate surface area is 123 Å². The molecule has 1 atom stereocenters. The minimum absolute atomic E-state index is 0.0179. The van der Waals surface area contributed by atoms with Gasteiger partial charge >= 0.3 is 0 Å². The van der Waals surface area contributed by atoms with E-state index in [9.17, 15) is 8.78 Å². The Morgan fingerprint density at radius 1 is 1.16 bits per heavy atom. The normalized spacial score (nSPS) is 12.3. The molecule has 100 valence electrons. The summed E-state index contributed by atoms with van der Waals surface area (Å²) in [4.78, 5) is 0. The maximum absolute atomic E-state index is 13.7. The summed E-state index contributed by atoms with van der Waals surface area (Å²) in [7, 11) is 0. The highest BCUT2D eigenvalue weighted by Gasteiger charge is 2.16. The molecule has 0 saturated carbocycles. The van der Waals surface area contributed by atoms with Gasteiger partial charge in [0.05, 0.1) is 6.04 Å². The highest BCUT2D eigenvalue weighted by molar-refractivity contribution is 9.10. The van der Waals surface area contributed by atoms with Crippen LogP contribution >= 0.6 is 27.5 Å². The second-order valence-corrected chi connectivity index (χ2v) is 5.42. The Balaban J connectivity index is 2.28. The molecule has 0 aromatic heterocycles. The van der Waals surface area contributed by atoms with E-state index < -0.39 is 17.7 Å². The van der Waals surface area contributed by atoms with Gasteiger partial charge in [-0.1, -0.05) is 17.7 Å².